The lowest BCUT2D eigenvalue weighted by Crippen LogP contribution is -2.25. The Morgan fingerprint density at radius 2 is 2.05 bits per heavy atom. The van der Waals surface area contributed by atoms with Crippen LogP contribution in [0.2, 0.25) is 0 Å². The van der Waals surface area contributed by atoms with Gasteiger partial charge in [-0.05, 0) is 50.6 Å². The van der Waals surface area contributed by atoms with Crippen molar-refractivity contribution in [1.82, 2.24) is 10.6 Å². The molecular formula is C15H25ClN2O2. The molecule has 0 spiro atoms. The number of ether oxygens (including phenoxy) is 1. The van der Waals surface area contributed by atoms with E-state index in [1.807, 2.05) is 25.2 Å². The van der Waals surface area contributed by atoms with Gasteiger partial charge >= 0.3 is 0 Å². The van der Waals surface area contributed by atoms with Crippen molar-refractivity contribution in [2.45, 2.75) is 25.7 Å². The molecule has 1 amide bonds. The topological polar surface area (TPSA) is 50.4 Å². The van der Waals surface area contributed by atoms with Gasteiger partial charge in [-0.15, -0.1) is 12.4 Å². The Bertz CT molecular complexity index is 386. The summed E-state index contributed by atoms with van der Waals surface area (Å²) in [5, 5.41) is 5.97. The summed E-state index contributed by atoms with van der Waals surface area (Å²) >= 11 is 0. The van der Waals surface area contributed by atoms with Crippen LogP contribution in [0.3, 0.4) is 0 Å². The zero-order chi connectivity index (χ0) is 13.9. The third-order valence-corrected chi connectivity index (χ3v) is 2.93. The summed E-state index contributed by atoms with van der Waals surface area (Å²) in [6.45, 7) is 1.62. The molecule has 0 radical (unpaired) electrons. The Labute approximate surface area is 127 Å². The minimum atomic E-state index is 0. The Morgan fingerprint density at radius 1 is 1.25 bits per heavy atom. The number of hydrogen-bond donors (Lipinski definition) is 2. The van der Waals surface area contributed by atoms with E-state index in [0.29, 0.717) is 6.42 Å². The van der Waals surface area contributed by atoms with E-state index in [1.54, 1.807) is 7.11 Å². The molecule has 0 bridgehead atoms. The molecule has 0 heterocycles. The minimum absolute atomic E-state index is 0. The molecule has 0 aromatic heterocycles. The molecule has 0 saturated carbocycles. The van der Waals surface area contributed by atoms with E-state index < -0.39 is 0 Å². The van der Waals surface area contributed by atoms with Crippen molar-refractivity contribution in [3.63, 3.8) is 0 Å². The normalized spacial score (nSPS) is 9.70. The number of amides is 1. The van der Waals surface area contributed by atoms with Gasteiger partial charge in [0.2, 0.25) is 5.91 Å². The van der Waals surface area contributed by atoms with Gasteiger partial charge in [-0.2, -0.15) is 0 Å². The van der Waals surface area contributed by atoms with Crippen molar-refractivity contribution >= 4 is 18.3 Å². The standard InChI is InChI=1S/C15H24N2O2.ClH/c1-16-10-5-9-15(18)17-11-4-7-13-6-3-8-14(12-13)19-2;/h3,6,8,12,16H,4-5,7,9-11H2,1-2H3,(H,17,18);1H. The molecule has 0 aliphatic rings. The smallest absolute Gasteiger partial charge is 0.220 e. The number of hydrogen-bond acceptors (Lipinski definition) is 3. The summed E-state index contributed by atoms with van der Waals surface area (Å²) in [6.07, 6.45) is 3.39. The van der Waals surface area contributed by atoms with Crippen molar-refractivity contribution in [3.8, 4) is 5.75 Å². The average molecular weight is 301 g/mol. The van der Waals surface area contributed by atoms with Crippen LogP contribution in [0.25, 0.3) is 0 Å². The number of rotatable bonds is 9. The van der Waals surface area contributed by atoms with Crippen LogP contribution < -0.4 is 15.4 Å². The highest BCUT2D eigenvalue weighted by Gasteiger charge is 2.00. The van der Waals surface area contributed by atoms with Gasteiger partial charge < -0.3 is 15.4 Å². The number of halogens is 1. The molecule has 0 fully saturated rings. The third kappa shape index (κ3) is 8.02. The first-order chi connectivity index (χ1) is 9.26. The molecule has 0 aliphatic carbocycles. The summed E-state index contributed by atoms with van der Waals surface area (Å²) in [5.74, 6) is 1.02. The quantitative estimate of drug-likeness (QED) is 0.687. The Morgan fingerprint density at radius 3 is 2.75 bits per heavy atom. The lowest BCUT2D eigenvalue weighted by atomic mass is 10.1. The highest BCUT2D eigenvalue weighted by Crippen LogP contribution is 2.13. The number of carbonyl (C=O) groups is 1. The van der Waals surface area contributed by atoms with E-state index in [2.05, 4.69) is 16.7 Å². The lowest BCUT2D eigenvalue weighted by Gasteiger charge is -2.06. The molecule has 5 heteroatoms. The van der Waals surface area contributed by atoms with Crippen molar-refractivity contribution in [3.05, 3.63) is 29.8 Å². The highest BCUT2D eigenvalue weighted by atomic mass is 35.5. The molecule has 2 N–H and O–H groups in total. The summed E-state index contributed by atoms with van der Waals surface area (Å²) in [7, 11) is 3.57. The van der Waals surface area contributed by atoms with Crippen LogP contribution >= 0.6 is 12.4 Å². The maximum Gasteiger partial charge on any atom is 0.220 e. The van der Waals surface area contributed by atoms with Crippen LogP contribution in [-0.2, 0) is 11.2 Å². The molecule has 0 atom stereocenters. The van der Waals surface area contributed by atoms with Crippen LogP contribution in [0.5, 0.6) is 5.75 Å². The predicted molar refractivity (Wildman–Crippen MR) is 84.7 cm³/mol. The second-order valence-electron chi connectivity index (χ2n) is 4.51. The van der Waals surface area contributed by atoms with Crippen LogP contribution in [0.15, 0.2) is 24.3 Å². The molecule has 0 saturated heterocycles. The fraction of sp³-hybridized carbons (Fsp3) is 0.533. The largest absolute Gasteiger partial charge is 0.497 e. The molecule has 4 nitrogen and oxygen atoms in total. The second kappa shape index (κ2) is 11.6. The van der Waals surface area contributed by atoms with E-state index in [4.69, 9.17) is 4.74 Å². The summed E-state index contributed by atoms with van der Waals surface area (Å²) in [4.78, 5) is 11.5. The molecular weight excluding hydrogens is 276 g/mol. The van der Waals surface area contributed by atoms with Crippen molar-refractivity contribution in [2.75, 3.05) is 27.2 Å². The van der Waals surface area contributed by atoms with Gasteiger partial charge in [0, 0.05) is 13.0 Å². The number of methoxy groups -OCH3 is 1. The first-order valence-electron chi connectivity index (χ1n) is 6.80. The molecule has 0 aliphatic heterocycles. The van der Waals surface area contributed by atoms with Gasteiger partial charge in [0.25, 0.3) is 0 Å². The zero-order valence-corrected chi connectivity index (χ0v) is 13.1. The van der Waals surface area contributed by atoms with Gasteiger partial charge in [0.05, 0.1) is 7.11 Å². The third-order valence-electron chi connectivity index (χ3n) is 2.93. The fourth-order valence-electron chi connectivity index (χ4n) is 1.86. The van der Waals surface area contributed by atoms with Crippen LogP contribution in [0, 0.1) is 0 Å². The van der Waals surface area contributed by atoms with Crippen LogP contribution in [0.4, 0.5) is 0 Å². The summed E-state index contributed by atoms with van der Waals surface area (Å²) < 4.78 is 5.18. The van der Waals surface area contributed by atoms with E-state index in [0.717, 1.165) is 38.1 Å². The summed E-state index contributed by atoms with van der Waals surface area (Å²) in [5.41, 5.74) is 1.24. The molecule has 1 aromatic rings. The molecule has 114 valence electrons. The Hall–Kier alpha value is -1.26. The number of nitrogens with one attached hydrogen (secondary N) is 2. The van der Waals surface area contributed by atoms with Gasteiger partial charge in [-0.3, -0.25) is 4.79 Å². The number of carbonyl (C=O) groups excluding carboxylic acids is 1. The highest BCUT2D eigenvalue weighted by molar-refractivity contribution is 5.85. The van der Waals surface area contributed by atoms with Gasteiger partial charge in [0.1, 0.15) is 5.75 Å². The van der Waals surface area contributed by atoms with E-state index in [9.17, 15) is 4.79 Å². The molecule has 20 heavy (non-hydrogen) atoms. The Kier molecular flexibility index (Phi) is 10.8. The minimum Gasteiger partial charge on any atom is -0.497 e. The monoisotopic (exact) mass is 300 g/mol. The molecule has 1 rings (SSSR count). The van der Waals surface area contributed by atoms with Crippen LogP contribution in [0.1, 0.15) is 24.8 Å². The zero-order valence-electron chi connectivity index (χ0n) is 12.3. The molecule has 0 unspecified atom stereocenters. The SMILES string of the molecule is CNCCCC(=O)NCCCc1cccc(OC)c1.Cl. The van der Waals surface area contributed by atoms with Crippen molar-refractivity contribution in [1.29, 1.82) is 0 Å². The Balaban J connectivity index is 0.00000361. The van der Waals surface area contributed by atoms with Gasteiger partial charge in [-0.25, -0.2) is 0 Å². The van der Waals surface area contributed by atoms with Gasteiger partial charge in [-0.1, -0.05) is 12.1 Å². The second-order valence-corrected chi connectivity index (χ2v) is 4.51. The average Bonchev–Trinajstić information content (AvgIpc) is 2.44. The number of aryl methyl sites for hydroxylation is 1. The molecule has 1 aromatic carbocycles. The van der Waals surface area contributed by atoms with E-state index in [-0.39, 0.29) is 18.3 Å². The van der Waals surface area contributed by atoms with E-state index in [1.165, 1.54) is 5.56 Å². The maximum atomic E-state index is 11.5. The fourth-order valence-corrected chi connectivity index (χ4v) is 1.86. The predicted octanol–water partition coefficient (Wildman–Crippen LogP) is 2.17. The van der Waals surface area contributed by atoms with Crippen molar-refractivity contribution < 1.29 is 9.53 Å². The van der Waals surface area contributed by atoms with E-state index >= 15 is 0 Å². The maximum absolute atomic E-state index is 11.5. The summed E-state index contributed by atoms with van der Waals surface area (Å²) in [6, 6.07) is 8.05. The first-order valence-corrected chi connectivity index (χ1v) is 6.80. The van der Waals surface area contributed by atoms with Crippen LogP contribution in [-0.4, -0.2) is 33.2 Å². The number of benzene rings is 1. The first kappa shape index (κ1) is 18.7. The lowest BCUT2D eigenvalue weighted by molar-refractivity contribution is -0.121. The van der Waals surface area contributed by atoms with Crippen molar-refractivity contribution in [2.24, 2.45) is 0 Å². The van der Waals surface area contributed by atoms with Gasteiger partial charge in [0.15, 0.2) is 0 Å².